The third kappa shape index (κ3) is 3.95. The number of hydrogen-bond acceptors (Lipinski definition) is 4. The molecule has 2 aromatic carbocycles. The summed E-state index contributed by atoms with van der Waals surface area (Å²) < 4.78 is 11.6. The van der Waals surface area contributed by atoms with Crippen LogP contribution < -0.4 is 4.74 Å². The molecule has 3 fully saturated rings. The Morgan fingerprint density at radius 3 is 2.36 bits per heavy atom. The number of carbonyl (C=O) groups excluding carboxylic acids is 1. The van der Waals surface area contributed by atoms with E-state index in [0.717, 1.165) is 49.7 Å². The Morgan fingerprint density at radius 1 is 0.976 bits per heavy atom. The third-order valence-corrected chi connectivity index (χ3v) is 13.2. The maximum atomic E-state index is 13.0. The summed E-state index contributed by atoms with van der Waals surface area (Å²) in [7, 11) is 1.54. The highest BCUT2D eigenvalue weighted by atomic mass is 16.5. The summed E-state index contributed by atoms with van der Waals surface area (Å²) >= 11 is 0. The van der Waals surface area contributed by atoms with Gasteiger partial charge < -0.3 is 14.6 Å². The number of benzene rings is 2. The fraction of sp³-hybridized carbons (Fsp3) is 0.605. The SMILES string of the molecule is COC(=O)[C@]1(C)CCC2(C)CC[C@]3(C)C4=CC(C)c5c(cc(O)c(OCc6ccccc6)c5C)[C@]4(C)CC[C@@]3(C)[C@@H]2C1. The van der Waals surface area contributed by atoms with Crippen LogP contribution in [-0.4, -0.2) is 18.2 Å². The average Bonchev–Trinajstić information content (AvgIpc) is 2.96. The number of carbonyl (C=O) groups is 1. The van der Waals surface area contributed by atoms with Crippen LogP contribution in [0.5, 0.6) is 11.5 Å². The average molecular weight is 571 g/mol. The Hall–Kier alpha value is -2.75. The van der Waals surface area contributed by atoms with Crippen LogP contribution in [0.2, 0.25) is 0 Å². The maximum Gasteiger partial charge on any atom is 0.311 e. The molecule has 0 amide bonds. The first kappa shape index (κ1) is 29.3. The number of hydrogen-bond donors (Lipinski definition) is 1. The van der Waals surface area contributed by atoms with Crippen molar-refractivity contribution in [3.63, 3.8) is 0 Å². The van der Waals surface area contributed by atoms with Crippen molar-refractivity contribution in [2.45, 2.75) is 111 Å². The fourth-order valence-corrected chi connectivity index (χ4v) is 10.3. The standard InChI is InChI=1S/C38H50O4/c1-24-20-29-36(5,27-21-28(39)32(25(2)31(24)27)42-23-26-12-10-9-11-13-26)17-19-38(7)30-22-35(4,33(40)41-8)15-14-34(30,3)16-18-37(29,38)6/h9-13,20-21,24,30,39H,14-19,22-23H2,1-8H3/t24?,30-,34?,35-,36+,37-,38+/m1/s1. The number of allylic oxidation sites excluding steroid dienone is 2. The van der Waals surface area contributed by atoms with Gasteiger partial charge in [-0.05, 0) is 115 Å². The number of aromatic hydroxyl groups is 1. The van der Waals surface area contributed by atoms with Crippen molar-refractivity contribution in [1.29, 1.82) is 0 Å². The van der Waals surface area contributed by atoms with Gasteiger partial charge in [-0.25, -0.2) is 0 Å². The van der Waals surface area contributed by atoms with E-state index in [2.05, 4.69) is 66.7 Å². The molecule has 7 atom stereocenters. The molecule has 0 bridgehead atoms. The van der Waals surface area contributed by atoms with Crippen LogP contribution in [-0.2, 0) is 21.6 Å². The molecule has 0 saturated heterocycles. The van der Waals surface area contributed by atoms with E-state index < -0.39 is 5.41 Å². The predicted octanol–water partition coefficient (Wildman–Crippen LogP) is 9.17. The molecule has 42 heavy (non-hydrogen) atoms. The molecule has 0 aliphatic heterocycles. The van der Waals surface area contributed by atoms with E-state index in [9.17, 15) is 9.90 Å². The molecule has 4 nitrogen and oxygen atoms in total. The predicted molar refractivity (Wildman–Crippen MR) is 168 cm³/mol. The summed E-state index contributed by atoms with van der Waals surface area (Å²) in [6, 6.07) is 12.2. The quantitative estimate of drug-likeness (QED) is 0.294. The van der Waals surface area contributed by atoms with Crippen molar-refractivity contribution in [1.82, 2.24) is 0 Å². The first-order valence-corrected chi connectivity index (χ1v) is 16.1. The molecule has 6 rings (SSSR count). The highest BCUT2D eigenvalue weighted by Crippen LogP contribution is 2.75. The lowest BCUT2D eigenvalue weighted by atomic mass is 9.34. The summed E-state index contributed by atoms with van der Waals surface area (Å²) in [5.41, 5.74) is 6.05. The van der Waals surface area contributed by atoms with E-state index in [4.69, 9.17) is 9.47 Å². The van der Waals surface area contributed by atoms with E-state index in [1.54, 1.807) is 12.7 Å². The Morgan fingerprint density at radius 2 is 1.67 bits per heavy atom. The number of fused-ring (bicyclic) bond motifs is 7. The van der Waals surface area contributed by atoms with Crippen LogP contribution in [0.4, 0.5) is 0 Å². The van der Waals surface area contributed by atoms with E-state index in [1.165, 1.54) is 17.5 Å². The number of rotatable bonds is 4. The van der Waals surface area contributed by atoms with Gasteiger partial charge in [-0.15, -0.1) is 0 Å². The molecule has 4 aliphatic carbocycles. The molecule has 4 aliphatic rings. The van der Waals surface area contributed by atoms with Crippen LogP contribution in [0.25, 0.3) is 0 Å². The molecule has 2 aromatic rings. The van der Waals surface area contributed by atoms with Gasteiger partial charge in [0, 0.05) is 5.41 Å². The number of methoxy groups -OCH3 is 1. The lowest BCUT2D eigenvalue weighted by Gasteiger charge is -2.70. The van der Waals surface area contributed by atoms with Gasteiger partial charge in [-0.1, -0.05) is 76.6 Å². The van der Waals surface area contributed by atoms with E-state index in [1.807, 2.05) is 24.3 Å². The molecule has 1 N–H and O–H groups in total. The molecule has 226 valence electrons. The minimum atomic E-state index is -0.416. The summed E-state index contributed by atoms with van der Waals surface area (Å²) in [5.74, 6) is 1.48. The van der Waals surface area contributed by atoms with Gasteiger partial charge in [-0.2, -0.15) is 0 Å². The van der Waals surface area contributed by atoms with E-state index in [-0.39, 0.29) is 39.3 Å². The van der Waals surface area contributed by atoms with Crippen molar-refractivity contribution in [2.75, 3.05) is 7.11 Å². The zero-order valence-electron chi connectivity index (χ0n) is 27.0. The first-order chi connectivity index (χ1) is 19.7. The molecule has 0 heterocycles. The summed E-state index contributed by atoms with van der Waals surface area (Å²) in [6.45, 7) is 17.0. The highest BCUT2D eigenvalue weighted by Gasteiger charge is 2.67. The van der Waals surface area contributed by atoms with Crippen molar-refractivity contribution < 1.29 is 19.4 Å². The van der Waals surface area contributed by atoms with Gasteiger partial charge in [0.1, 0.15) is 6.61 Å². The fourth-order valence-electron chi connectivity index (χ4n) is 10.3. The zero-order valence-corrected chi connectivity index (χ0v) is 27.0. The van der Waals surface area contributed by atoms with Crippen molar-refractivity contribution in [3.05, 3.63) is 70.3 Å². The Kier molecular flexibility index (Phi) is 6.72. The molecule has 4 heteroatoms. The minimum Gasteiger partial charge on any atom is -0.504 e. The van der Waals surface area contributed by atoms with Crippen LogP contribution in [0, 0.1) is 34.5 Å². The Labute approximate surface area is 252 Å². The Bertz CT molecular complexity index is 1440. The van der Waals surface area contributed by atoms with Gasteiger partial charge in [0.2, 0.25) is 0 Å². The number of ether oxygens (including phenoxy) is 2. The second-order valence-electron chi connectivity index (χ2n) is 15.5. The highest BCUT2D eigenvalue weighted by molar-refractivity contribution is 5.76. The van der Waals surface area contributed by atoms with Crippen LogP contribution in [0.1, 0.15) is 115 Å². The number of phenolic OH excluding ortho intramolecular Hbond substituents is 1. The van der Waals surface area contributed by atoms with Crippen LogP contribution in [0.3, 0.4) is 0 Å². The van der Waals surface area contributed by atoms with Crippen molar-refractivity contribution in [3.8, 4) is 11.5 Å². The summed E-state index contributed by atoms with van der Waals surface area (Å²) in [5, 5.41) is 11.4. The lowest BCUT2D eigenvalue weighted by molar-refractivity contribution is -0.179. The number of phenols is 1. The van der Waals surface area contributed by atoms with Crippen LogP contribution >= 0.6 is 0 Å². The smallest absolute Gasteiger partial charge is 0.311 e. The zero-order chi connectivity index (χ0) is 30.3. The van der Waals surface area contributed by atoms with Crippen molar-refractivity contribution in [2.24, 2.45) is 27.6 Å². The normalized spacial score (nSPS) is 38.7. The Balaban J connectivity index is 1.40. The summed E-state index contributed by atoms with van der Waals surface area (Å²) in [6.07, 6.45) is 9.98. The largest absolute Gasteiger partial charge is 0.504 e. The molecule has 0 aromatic heterocycles. The third-order valence-electron chi connectivity index (χ3n) is 13.2. The van der Waals surface area contributed by atoms with Gasteiger partial charge >= 0.3 is 5.97 Å². The molecule has 0 spiro atoms. The van der Waals surface area contributed by atoms with Crippen LogP contribution in [0.15, 0.2) is 48.0 Å². The molecular weight excluding hydrogens is 520 g/mol. The second-order valence-corrected chi connectivity index (χ2v) is 15.5. The lowest BCUT2D eigenvalue weighted by Crippen LogP contribution is -2.62. The molecule has 3 saturated carbocycles. The molecular formula is C38H50O4. The molecule has 2 unspecified atom stereocenters. The van der Waals surface area contributed by atoms with Gasteiger partial charge in [0.15, 0.2) is 11.5 Å². The van der Waals surface area contributed by atoms with Gasteiger partial charge in [0.05, 0.1) is 12.5 Å². The first-order valence-electron chi connectivity index (χ1n) is 16.1. The minimum absolute atomic E-state index is 0.0104. The monoisotopic (exact) mass is 570 g/mol. The topological polar surface area (TPSA) is 55.8 Å². The second kappa shape index (κ2) is 9.63. The molecule has 0 radical (unpaired) electrons. The van der Waals surface area contributed by atoms with Gasteiger partial charge in [0.25, 0.3) is 0 Å². The van der Waals surface area contributed by atoms with Crippen molar-refractivity contribution >= 4 is 5.97 Å². The van der Waals surface area contributed by atoms with E-state index >= 15 is 0 Å². The maximum absolute atomic E-state index is 13.0. The summed E-state index contributed by atoms with van der Waals surface area (Å²) in [4.78, 5) is 13.0. The number of esters is 1. The van der Waals surface area contributed by atoms with E-state index in [0.29, 0.717) is 18.3 Å². The van der Waals surface area contributed by atoms with Gasteiger partial charge in [-0.3, -0.25) is 4.79 Å².